The molecule has 0 radical (unpaired) electrons. The number of carboxylic acid groups (broad SMARTS) is 1. The van der Waals surface area contributed by atoms with Crippen LogP contribution < -0.4 is 10.1 Å². The highest BCUT2D eigenvalue weighted by Crippen LogP contribution is 2.27. The molecule has 0 aromatic heterocycles. The van der Waals surface area contributed by atoms with Crippen LogP contribution in [0.3, 0.4) is 0 Å². The Morgan fingerprint density at radius 3 is 2.72 bits per heavy atom. The molecule has 0 aliphatic rings. The maximum Gasteiger partial charge on any atom is 0.335 e. The van der Waals surface area contributed by atoms with Crippen molar-refractivity contribution in [2.24, 2.45) is 0 Å². The van der Waals surface area contributed by atoms with Crippen LogP contribution in [0.1, 0.15) is 28.8 Å². The predicted octanol–water partition coefficient (Wildman–Crippen LogP) is 4.28. The van der Waals surface area contributed by atoms with Gasteiger partial charge in [0.1, 0.15) is 5.75 Å². The minimum atomic E-state index is -0.989. The van der Waals surface area contributed by atoms with Crippen LogP contribution in [0.25, 0.3) is 0 Å². The Bertz CT molecular complexity index is 766. The Morgan fingerprint density at radius 1 is 1.20 bits per heavy atom. The van der Waals surface area contributed by atoms with E-state index in [1.807, 2.05) is 6.07 Å². The van der Waals surface area contributed by atoms with Crippen molar-refractivity contribution in [1.29, 1.82) is 0 Å². The van der Waals surface area contributed by atoms with Crippen molar-refractivity contribution in [3.63, 3.8) is 0 Å². The molecule has 0 saturated carbocycles. The maximum absolute atomic E-state index is 11.8. The second kappa shape index (κ2) is 9.44. The van der Waals surface area contributed by atoms with Gasteiger partial charge in [0.25, 0.3) is 0 Å². The topological polar surface area (TPSA) is 75.6 Å². The van der Waals surface area contributed by atoms with E-state index in [2.05, 4.69) is 21.2 Å². The summed E-state index contributed by atoms with van der Waals surface area (Å²) in [6.07, 6.45) is 0.861. The summed E-state index contributed by atoms with van der Waals surface area (Å²) in [6.45, 7) is 0.669. The summed E-state index contributed by atoms with van der Waals surface area (Å²) in [5.41, 5.74) is 0.942. The number of aromatic carboxylic acids is 1. The minimum Gasteiger partial charge on any atom is -0.492 e. The number of amides is 1. The van der Waals surface area contributed by atoms with E-state index in [4.69, 9.17) is 21.4 Å². The van der Waals surface area contributed by atoms with Gasteiger partial charge in [-0.05, 0) is 42.3 Å². The van der Waals surface area contributed by atoms with E-state index < -0.39 is 5.97 Å². The monoisotopic (exact) mass is 425 g/mol. The second-order valence-electron chi connectivity index (χ2n) is 5.31. The van der Waals surface area contributed by atoms with Gasteiger partial charge in [-0.25, -0.2) is 4.79 Å². The third-order valence-corrected chi connectivity index (χ3v) is 4.15. The number of rotatable bonds is 8. The molecule has 0 bridgehead atoms. The first kappa shape index (κ1) is 19.3. The molecular weight excluding hydrogens is 410 g/mol. The number of hydrogen-bond acceptors (Lipinski definition) is 3. The number of carbonyl (C=O) groups is 2. The molecule has 0 unspecified atom stereocenters. The molecule has 5 nitrogen and oxygen atoms in total. The van der Waals surface area contributed by atoms with E-state index in [9.17, 15) is 9.59 Å². The summed E-state index contributed by atoms with van der Waals surface area (Å²) in [5.74, 6) is -0.529. The molecule has 0 heterocycles. The summed E-state index contributed by atoms with van der Waals surface area (Å²) in [5, 5.41) is 12.2. The van der Waals surface area contributed by atoms with E-state index >= 15 is 0 Å². The minimum absolute atomic E-state index is 0.119. The van der Waals surface area contributed by atoms with Gasteiger partial charge in [0.05, 0.1) is 17.2 Å². The fraction of sp³-hybridized carbons (Fsp3) is 0.222. The van der Waals surface area contributed by atoms with Gasteiger partial charge < -0.3 is 15.2 Å². The van der Waals surface area contributed by atoms with Gasteiger partial charge in [-0.15, -0.1) is 0 Å². The van der Waals surface area contributed by atoms with Gasteiger partial charge in [0, 0.05) is 17.4 Å². The van der Waals surface area contributed by atoms with Crippen LogP contribution in [0, 0.1) is 0 Å². The molecule has 0 saturated heterocycles. The number of carbonyl (C=O) groups excluding carboxylic acids is 1. The van der Waals surface area contributed by atoms with Crippen LogP contribution in [0.15, 0.2) is 46.9 Å². The highest BCUT2D eigenvalue weighted by atomic mass is 79.9. The van der Waals surface area contributed by atoms with Gasteiger partial charge in [-0.1, -0.05) is 39.7 Å². The zero-order valence-corrected chi connectivity index (χ0v) is 15.6. The fourth-order valence-corrected chi connectivity index (χ4v) is 2.84. The Balaban J connectivity index is 1.70. The first-order valence-electron chi connectivity index (χ1n) is 7.62. The lowest BCUT2D eigenvalue weighted by molar-refractivity contribution is -0.121. The Kier molecular flexibility index (Phi) is 7.28. The van der Waals surface area contributed by atoms with E-state index in [0.717, 1.165) is 10.0 Å². The standard InChI is InChI=1S/C18H17BrClNO4/c19-14-6-7-16(15(20)10-14)25-8-2-5-17(22)21-11-12-3-1-4-13(9-12)18(23)24/h1,3-4,6-7,9-10H,2,5,8,11H2,(H,21,22)(H,23,24). The van der Waals surface area contributed by atoms with Crippen molar-refractivity contribution in [2.45, 2.75) is 19.4 Å². The smallest absolute Gasteiger partial charge is 0.335 e. The summed E-state index contributed by atoms with van der Waals surface area (Å²) >= 11 is 9.37. The molecule has 0 fully saturated rings. The lowest BCUT2D eigenvalue weighted by atomic mass is 10.1. The van der Waals surface area contributed by atoms with E-state index in [0.29, 0.717) is 36.8 Å². The summed E-state index contributed by atoms with van der Waals surface area (Å²) in [4.78, 5) is 22.8. The number of benzene rings is 2. The van der Waals surface area contributed by atoms with Crippen LogP contribution in [-0.2, 0) is 11.3 Å². The Labute approximate surface area is 159 Å². The molecule has 0 atom stereocenters. The second-order valence-corrected chi connectivity index (χ2v) is 6.63. The molecule has 2 N–H and O–H groups in total. The molecule has 7 heteroatoms. The lowest BCUT2D eigenvalue weighted by Crippen LogP contribution is -2.23. The van der Waals surface area contributed by atoms with Crippen LogP contribution in [0.2, 0.25) is 5.02 Å². The van der Waals surface area contributed by atoms with Crippen LogP contribution in [0.4, 0.5) is 0 Å². The lowest BCUT2D eigenvalue weighted by Gasteiger charge is -2.09. The number of nitrogens with one attached hydrogen (secondary N) is 1. The normalized spacial score (nSPS) is 10.3. The molecule has 2 aromatic rings. The SMILES string of the molecule is O=C(CCCOc1ccc(Br)cc1Cl)NCc1cccc(C(=O)O)c1. The molecule has 132 valence electrons. The third-order valence-electron chi connectivity index (χ3n) is 3.36. The van der Waals surface area contributed by atoms with Crippen molar-refractivity contribution >= 4 is 39.4 Å². The Hall–Kier alpha value is -2.05. The van der Waals surface area contributed by atoms with Gasteiger partial charge in [0.15, 0.2) is 0 Å². The van der Waals surface area contributed by atoms with Crippen molar-refractivity contribution < 1.29 is 19.4 Å². The van der Waals surface area contributed by atoms with Crippen molar-refractivity contribution in [3.05, 3.63) is 63.1 Å². The van der Waals surface area contributed by atoms with E-state index in [1.165, 1.54) is 6.07 Å². The first-order valence-corrected chi connectivity index (χ1v) is 8.79. The maximum atomic E-state index is 11.8. The quantitative estimate of drug-likeness (QED) is 0.618. The van der Waals surface area contributed by atoms with Crippen molar-refractivity contribution in [2.75, 3.05) is 6.61 Å². The molecule has 2 rings (SSSR count). The fourth-order valence-electron chi connectivity index (χ4n) is 2.11. The van der Waals surface area contributed by atoms with Gasteiger partial charge in [0.2, 0.25) is 5.91 Å². The average molecular weight is 427 g/mol. The number of carboxylic acids is 1. The highest BCUT2D eigenvalue weighted by molar-refractivity contribution is 9.10. The highest BCUT2D eigenvalue weighted by Gasteiger charge is 2.06. The summed E-state index contributed by atoms with van der Waals surface area (Å²) in [6, 6.07) is 11.8. The summed E-state index contributed by atoms with van der Waals surface area (Å²) in [7, 11) is 0. The Morgan fingerprint density at radius 2 is 2.00 bits per heavy atom. The van der Waals surface area contributed by atoms with E-state index in [1.54, 1.807) is 30.3 Å². The number of halogens is 2. The van der Waals surface area contributed by atoms with Gasteiger partial charge in [-0.3, -0.25) is 4.79 Å². The average Bonchev–Trinajstić information content (AvgIpc) is 2.58. The molecular formula is C18H17BrClNO4. The van der Waals surface area contributed by atoms with Crippen LogP contribution >= 0.6 is 27.5 Å². The molecule has 25 heavy (non-hydrogen) atoms. The molecule has 2 aromatic carbocycles. The third kappa shape index (κ3) is 6.40. The molecule has 0 spiro atoms. The molecule has 0 aliphatic carbocycles. The van der Waals surface area contributed by atoms with E-state index in [-0.39, 0.29) is 11.5 Å². The summed E-state index contributed by atoms with van der Waals surface area (Å²) < 4.78 is 6.42. The number of hydrogen-bond donors (Lipinski definition) is 2. The first-order chi connectivity index (χ1) is 12.0. The number of ether oxygens (including phenoxy) is 1. The largest absolute Gasteiger partial charge is 0.492 e. The molecule has 1 amide bonds. The molecule has 0 aliphatic heterocycles. The van der Waals surface area contributed by atoms with Crippen LogP contribution in [-0.4, -0.2) is 23.6 Å². The zero-order valence-electron chi connectivity index (χ0n) is 13.3. The van der Waals surface area contributed by atoms with Crippen molar-refractivity contribution in [3.8, 4) is 5.75 Å². The van der Waals surface area contributed by atoms with Crippen molar-refractivity contribution in [1.82, 2.24) is 5.32 Å². The van der Waals surface area contributed by atoms with Crippen LogP contribution in [0.5, 0.6) is 5.75 Å². The predicted molar refractivity (Wildman–Crippen MR) is 99.1 cm³/mol. The zero-order chi connectivity index (χ0) is 18.2. The van der Waals surface area contributed by atoms with Gasteiger partial charge >= 0.3 is 5.97 Å². The van der Waals surface area contributed by atoms with Gasteiger partial charge in [-0.2, -0.15) is 0 Å².